The minimum absolute atomic E-state index is 0.215. The predicted molar refractivity (Wildman–Crippen MR) is 82.8 cm³/mol. The highest BCUT2D eigenvalue weighted by atomic mass is 16.6. The number of ether oxygens (including phenoxy) is 1. The molecule has 0 bridgehead atoms. The molecule has 0 saturated heterocycles. The molecule has 0 aliphatic carbocycles. The Bertz CT molecular complexity index is 550. The number of methoxy groups -OCH3 is 1. The van der Waals surface area contributed by atoms with Crippen molar-refractivity contribution in [2.24, 2.45) is 10.6 Å². The lowest BCUT2D eigenvalue weighted by Gasteiger charge is -2.20. The number of hydrogen-bond acceptors (Lipinski definition) is 4. The highest BCUT2D eigenvalue weighted by Crippen LogP contribution is 2.22. The van der Waals surface area contributed by atoms with E-state index in [-0.39, 0.29) is 12.0 Å². The van der Waals surface area contributed by atoms with Crippen molar-refractivity contribution in [2.45, 2.75) is 27.2 Å². The zero-order valence-corrected chi connectivity index (χ0v) is 13.0. The van der Waals surface area contributed by atoms with Crippen molar-refractivity contribution in [2.75, 3.05) is 13.7 Å². The summed E-state index contributed by atoms with van der Waals surface area (Å²) in [4.78, 5) is 16.1. The van der Waals surface area contributed by atoms with Crippen LogP contribution in [0.15, 0.2) is 35.5 Å². The van der Waals surface area contributed by atoms with Gasteiger partial charge in [-0.05, 0) is 24.5 Å². The van der Waals surface area contributed by atoms with Gasteiger partial charge >= 0.3 is 5.97 Å². The topological polar surface area (TPSA) is 47.9 Å². The number of oxime groups is 1. The molecule has 1 aromatic rings. The summed E-state index contributed by atoms with van der Waals surface area (Å²) in [6, 6.07) is 9.66. The van der Waals surface area contributed by atoms with E-state index in [9.17, 15) is 4.79 Å². The molecule has 0 aliphatic rings. The van der Waals surface area contributed by atoms with Crippen molar-refractivity contribution in [3.8, 4) is 11.8 Å². The third-order valence-corrected chi connectivity index (χ3v) is 3.19. The van der Waals surface area contributed by atoms with Crippen LogP contribution in [0.1, 0.15) is 32.8 Å². The third kappa shape index (κ3) is 5.70. The minimum atomic E-state index is -0.469. The van der Waals surface area contributed by atoms with Gasteiger partial charge in [-0.25, -0.2) is 4.79 Å². The zero-order chi connectivity index (χ0) is 15.7. The van der Waals surface area contributed by atoms with Gasteiger partial charge in [-0.3, -0.25) is 0 Å². The van der Waals surface area contributed by atoms with Gasteiger partial charge in [0.15, 0.2) is 0 Å². The van der Waals surface area contributed by atoms with Crippen LogP contribution in [0.2, 0.25) is 0 Å². The highest BCUT2D eigenvalue weighted by Gasteiger charge is 2.22. The Labute approximate surface area is 126 Å². The fourth-order valence-corrected chi connectivity index (χ4v) is 1.34. The summed E-state index contributed by atoms with van der Waals surface area (Å²) < 4.78 is 4.50. The molecule has 4 nitrogen and oxygen atoms in total. The van der Waals surface area contributed by atoms with Crippen molar-refractivity contribution in [3.63, 3.8) is 0 Å². The smallest absolute Gasteiger partial charge is 0.346 e. The first-order valence-corrected chi connectivity index (χ1v) is 6.84. The first kappa shape index (κ1) is 16.8. The molecule has 0 aromatic heterocycles. The van der Waals surface area contributed by atoms with Gasteiger partial charge in [0, 0.05) is 11.0 Å². The van der Waals surface area contributed by atoms with E-state index in [1.807, 2.05) is 44.2 Å². The van der Waals surface area contributed by atoms with E-state index in [0.29, 0.717) is 5.71 Å². The van der Waals surface area contributed by atoms with E-state index >= 15 is 0 Å². The number of nitrogens with zero attached hydrogens (tertiary/aromatic N) is 1. The number of rotatable bonds is 5. The van der Waals surface area contributed by atoms with Crippen LogP contribution in [0.4, 0.5) is 0 Å². The second-order valence-corrected chi connectivity index (χ2v) is 5.14. The maximum absolute atomic E-state index is 11.0. The molecule has 0 amide bonds. The molecule has 0 heterocycles. The summed E-state index contributed by atoms with van der Waals surface area (Å²) in [7, 11) is 1.31. The summed E-state index contributed by atoms with van der Waals surface area (Å²) in [6.07, 6.45) is 0.858. The Kier molecular flexibility index (Phi) is 6.48. The molecule has 0 fully saturated rings. The fraction of sp³-hybridized carbons (Fsp3) is 0.412. The molecular formula is C17H21NO3. The minimum Gasteiger partial charge on any atom is -0.466 e. The Morgan fingerprint density at radius 2 is 1.95 bits per heavy atom. The standard InChI is InChI=1S/C17H21NO3/c1-5-17(2,3)15(18-21-13-16(19)20-4)12-11-14-9-7-6-8-10-14/h6-10H,5,13H2,1-4H3/b18-15+. The van der Waals surface area contributed by atoms with E-state index in [1.165, 1.54) is 7.11 Å². The average molecular weight is 287 g/mol. The summed E-state index contributed by atoms with van der Waals surface area (Å²) >= 11 is 0. The van der Waals surface area contributed by atoms with E-state index < -0.39 is 5.97 Å². The molecule has 1 aromatic carbocycles. The lowest BCUT2D eigenvalue weighted by Crippen LogP contribution is -2.23. The second kappa shape index (κ2) is 8.11. The number of benzene rings is 1. The maximum atomic E-state index is 11.0. The largest absolute Gasteiger partial charge is 0.466 e. The highest BCUT2D eigenvalue weighted by molar-refractivity contribution is 6.04. The summed E-state index contributed by atoms with van der Waals surface area (Å²) in [5.41, 5.74) is 1.29. The molecule has 0 aliphatic heterocycles. The maximum Gasteiger partial charge on any atom is 0.346 e. The average Bonchev–Trinajstić information content (AvgIpc) is 2.51. The Morgan fingerprint density at radius 3 is 2.52 bits per heavy atom. The molecule has 112 valence electrons. The molecule has 21 heavy (non-hydrogen) atoms. The summed E-state index contributed by atoms with van der Waals surface area (Å²) in [6.45, 7) is 5.91. The lowest BCUT2D eigenvalue weighted by molar-refractivity contribution is -0.145. The van der Waals surface area contributed by atoms with Crippen LogP contribution in [-0.4, -0.2) is 25.4 Å². The molecule has 1 rings (SSSR count). The van der Waals surface area contributed by atoms with Gasteiger partial charge in [0.1, 0.15) is 5.71 Å². The summed E-state index contributed by atoms with van der Waals surface area (Å²) in [5, 5.41) is 4.01. The monoisotopic (exact) mass is 287 g/mol. The first-order chi connectivity index (χ1) is 9.99. The number of carbonyl (C=O) groups excluding carboxylic acids is 1. The Hall–Kier alpha value is -2.28. The van der Waals surface area contributed by atoms with Gasteiger partial charge in [0.05, 0.1) is 7.11 Å². The normalized spacial score (nSPS) is 11.3. The SMILES string of the molecule is CCC(C)(C)/C(C#Cc1ccccc1)=N/OCC(=O)OC. The molecule has 0 atom stereocenters. The quantitative estimate of drug-likeness (QED) is 0.362. The van der Waals surface area contributed by atoms with Crippen molar-refractivity contribution < 1.29 is 14.4 Å². The second-order valence-electron chi connectivity index (χ2n) is 5.14. The van der Waals surface area contributed by atoms with Crippen molar-refractivity contribution in [1.29, 1.82) is 0 Å². The van der Waals surface area contributed by atoms with E-state index in [1.54, 1.807) is 0 Å². The lowest BCUT2D eigenvalue weighted by atomic mass is 9.85. The number of hydrogen-bond donors (Lipinski definition) is 0. The van der Waals surface area contributed by atoms with Gasteiger partial charge in [-0.15, -0.1) is 0 Å². The molecule has 0 spiro atoms. The molecular weight excluding hydrogens is 266 g/mol. The van der Waals surface area contributed by atoms with Gasteiger partial charge in [0.2, 0.25) is 6.61 Å². The van der Waals surface area contributed by atoms with Crippen LogP contribution in [0.3, 0.4) is 0 Å². The molecule has 0 saturated carbocycles. The fourth-order valence-electron chi connectivity index (χ4n) is 1.34. The van der Waals surface area contributed by atoms with E-state index in [4.69, 9.17) is 4.84 Å². The predicted octanol–water partition coefficient (Wildman–Crippen LogP) is 3.02. The van der Waals surface area contributed by atoms with E-state index in [0.717, 1.165) is 12.0 Å². The van der Waals surface area contributed by atoms with Crippen molar-refractivity contribution in [1.82, 2.24) is 0 Å². The van der Waals surface area contributed by atoms with Crippen molar-refractivity contribution >= 4 is 11.7 Å². The Balaban J connectivity index is 2.91. The van der Waals surface area contributed by atoms with Crippen molar-refractivity contribution in [3.05, 3.63) is 35.9 Å². The molecule has 4 heteroatoms. The molecule has 0 radical (unpaired) electrons. The Morgan fingerprint density at radius 1 is 1.29 bits per heavy atom. The van der Waals surface area contributed by atoms with Crippen LogP contribution >= 0.6 is 0 Å². The van der Waals surface area contributed by atoms with Gasteiger partial charge in [0.25, 0.3) is 0 Å². The third-order valence-electron chi connectivity index (χ3n) is 3.19. The van der Waals surface area contributed by atoms with Gasteiger partial charge in [-0.1, -0.05) is 50.0 Å². The molecule has 0 N–H and O–H groups in total. The van der Waals surface area contributed by atoms with Gasteiger partial charge < -0.3 is 9.57 Å². The van der Waals surface area contributed by atoms with Crippen LogP contribution in [0, 0.1) is 17.3 Å². The number of carbonyl (C=O) groups is 1. The van der Waals surface area contributed by atoms with Crippen LogP contribution < -0.4 is 0 Å². The first-order valence-electron chi connectivity index (χ1n) is 6.84. The molecule has 0 unspecified atom stereocenters. The zero-order valence-electron chi connectivity index (χ0n) is 13.0. The number of esters is 1. The van der Waals surface area contributed by atoms with E-state index in [2.05, 4.69) is 28.7 Å². The van der Waals surface area contributed by atoms with Crippen LogP contribution in [-0.2, 0) is 14.4 Å². The summed E-state index contributed by atoms with van der Waals surface area (Å²) in [5.74, 6) is 5.63. The van der Waals surface area contributed by atoms with Crippen LogP contribution in [0.25, 0.3) is 0 Å². The van der Waals surface area contributed by atoms with Gasteiger partial charge in [-0.2, -0.15) is 0 Å². The van der Waals surface area contributed by atoms with Crippen LogP contribution in [0.5, 0.6) is 0 Å².